The third-order valence-electron chi connectivity index (χ3n) is 3.68. The molecule has 3 nitrogen and oxygen atoms in total. The normalized spacial score (nSPS) is 11.0. The van der Waals surface area contributed by atoms with E-state index in [0.29, 0.717) is 25.1 Å². The molecule has 1 amide bonds. The van der Waals surface area contributed by atoms with Gasteiger partial charge in [-0.25, -0.2) is 4.39 Å². The second kappa shape index (κ2) is 7.78. The lowest BCUT2D eigenvalue weighted by atomic mass is 9.79. The van der Waals surface area contributed by atoms with Crippen molar-refractivity contribution in [3.05, 3.63) is 30.1 Å². The van der Waals surface area contributed by atoms with E-state index in [9.17, 15) is 14.4 Å². The molecule has 1 aromatic rings. The molecule has 4 heteroatoms. The van der Waals surface area contributed by atoms with E-state index >= 15 is 0 Å². The van der Waals surface area contributed by atoms with Crippen LogP contribution in [-0.4, -0.2) is 12.5 Å². The predicted molar refractivity (Wildman–Crippen MR) is 82.3 cm³/mol. The first-order valence-electron chi connectivity index (χ1n) is 7.53. The van der Waals surface area contributed by atoms with Gasteiger partial charge in [0.15, 0.2) is 0 Å². The molecule has 0 unspecified atom stereocenters. The highest BCUT2D eigenvalue weighted by Gasteiger charge is 2.40. The molecule has 0 heterocycles. The highest BCUT2D eigenvalue weighted by atomic mass is 19.1. The molecule has 0 aliphatic heterocycles. The molecule has 1 aromatic carbocycles. The average molecular weight is 290 g/mol. The summed E-state index contributed by atoms with van der Waals surface area (Å²) in [6.45, 7) is 6.27. The second-order valence-corrected chi connectivity index (χ2v) is 5.22. The van der Waals surface area contributed by atoms with Crippen LogP contribution in [0.4, 0.5) is 10.1 Å². The largest absolute Gasteiger partial charge is 0.311 e. The van der Waals surface area contributed by atoms with Gasteiger partial charge in [0, 0.05) is 12.2 Å². The number of benzene rings is 1. The van der Waals surface area contributed by atoms with E-state index in [1.54, 1.807) is 17.0 Å². The average Bonchev–Trinajstić information content (AvgIpc) is 2.49. The van der Waals surface area contributed by atoms with Crippen molar-refractivity contribution in [2.24, 2.45) is 5.41 Å². The maximum absolute atomic E-state index is 13.0. The zero-order valence-corrected chi connectivity index (χ0v) is 13.0. The van der Waals surface area contributed by atoms with Gasteiger partial charge in [-0.1, -0.05) is 26.7 Å². The van der Waals surface area contributed by atoms with Crippen molar-refractivity contribution < 1.29 is 9.18 Å². The fraction of sp³-hybridized carbons (Fsp3) is 0.529. The van der Waals surface area contributed by atoms with Gasteiger partial charge in [-0.3, -0.25) is 4.79 Å². The molecule has 0 atom stereocenters. The highest BCUT2D eigenvalue weighted by Crippen LogP contribution is 2.33. The fourth-order valence-electron chi connectivity index (χ4n) is 2.67. The molecule has 0 N–H and O–H groups in total. The van der Waals surface area contributed by atoms with Crippen molar-refractivity contribution in [3.8, 4) is 6.07 Å². The van der Waals surface area contributed by atoms with Crippen molar-refractivity contribution in [2.45, 2.75) is 46.5 Å². The summed E-state index contributed by atoms with van der Waals surface area (Å²) in [6.07, 6.45) is 2.66. The molecule has 0 spiro atoms. The van der Waals surface area contributed by atoms with Gasteiger partial charge in [0.1, 0.15) is 11.2 Å². The van der Waals surface area contributed by atoms with E-state index in [-0.39, 0.29) is 11.7 Å². The predicted octanol–water partition coefficient (Wildman–Crippen LogP) is 4.29. The Balaban J connectivity index is 3.15. The van der Waals surface area contributed by atoms with E-state index in [2.05, 4.69) is 6.07 Å². The number of nitrogens with zero attached hydrogens (tertiary/aromatic N) is 2. The zero-order valence-electron chi connectivity index (χ0n) is 13.0. The minimum Gasteiger partial charge on any atom is -0.311 e. The fourth-order valence-corrected chi connectivity index (χ4v) is 2.67. The molecule has 0 radical (unpaired) electrons. The van der Waals surface area contributed by atoms with Gasteiger partial charge < -0.3 is 4.90 Å². The maximum Gasteiger partial charge on any atom is 0.247 e. The Hall–Kier alpha value is -1.89. The number of hydrogen-bond acceptors (Lipinski definition) is 2. The number of hydrogen-bond donors (Lipinski definition) is 0. The molecule has 0 aliphatic rings. The number of rotatable bonds is 7. The lowest BCUT2D eigenvalue weighted by Gasteiger charge is -2.31. The number of carbonyl (C=O) groups is 1. The molecule has 0 saturated heterocycles. The van der Waals surface area contributed by atoms with Crippen LogP contribution in [0.1, 0.15) is 46.5 Å². The maximum atomic E-state index is 13.0. The molecule has 21 heavy (non-hydrogen) atoms. The number of amides is 1. The highest BCUT2D eigenvalue weighted by molar-refractivity contribution is 5.99. The molecule has 0 aliphatic carbocycles. The summed E-state index contributed by atoms with van der Waals surface area (Å²) in [7, 11) is 0. The molecule has 0 bridgehead atoms. The number of nitriles is 1. The summed E-state index contributed by atoms with van der Waals surface area (Å²) in [6, 6.07) is 8.07. The van der Waals surface area contributed by atoms with E-state index < -0.39 is 5.41 Å². The summed E-state index contributed by atoms with van der Waals surface area (Å²) in [4.78, 5) is 14.5. The molecular weight excluding hydrogens is 267 g/mol. The van der Waals surface area contributed by atoms with Gasteiger partial charge >= 0.3 is 0 Å². The summed E-state index contributed by atoms with van der Waals surface area (Å²) in [5, 5.41) is 9.59. The van der Waals surface area contributed by atoms with Crippen molar-refractivity contribution in [1.82, 2.24) is 0 Å². The summed E-state index contributed by atoms with van der Waals surface area (Å²) in [5.41, 5.74) is -0.343. The van der Waals surface area contributed by atoms with Crippen LogP contribution in [0.5, 0.6) is 0 Å². The quantitative estimate of drug-likeness (QED) is 0.752. The molecule has 0 saturated carbocycles. The summed E-state index contributed by atoms with van der Waals surface area (Å²) < 4.78 is 13.0. The van der Waals surface area contributed by atoms with Crippen LogP contribution in [0, 0.1) is 22.6 Å². The SMILES string of the molecule is CCCC(C#N)(CCC)C(=O)N(CC)c1ccc(F)cc1. The van der Waals surface area contributed by atoms with Crippen molar-refractivity contribution in [1.29, 1.82) is 5.26 Å². The molecular formula is C17H23FN2O. The molecule has 0 fully saturated rings. The smallest absolute Gasteiger partial charge is 0.247 e. The van der Waals surface area contributed by atoms with Crippen molar-refractivity contribution in [2.75, 3.05) is 11.4 Å². The van der Waals surface area contributed by atoms with Crippen LogP contribution in [0.3, 0.4) is 0 Å². The Morgan fingerprint density at radius 2 is 1.71 bits per heavy atom. The Labute approximate surface area is 126 Å². The van der Waals surface area contributed by atoms with Gasteiger partial charge in [-0.05, 0) is 44.0 Å². The van der Waals surface area contributed by atoms with Gasteiger partial charge in [-0.15, -0.1) is 0 Å². The first kappa shape index (κ1) is 17.2. The van der Waals surface area contributed by atoms with Crippen molar-refractivity contribution in [3.63, 3.8) is 0 Å². The lowest BCUT2D eigenvalue weighted by Crippen LogP contribution is -2.43. The van der Waals surface area contributed by atoms with Crippen LogP contribution in [0.15, 0.2) is 24.3 Å². The second-order valence-electron chi connectivity index (χ2n) is 5.22. The van der Waals surface area contributed by atoms with E-state index in [0.717, 1.165) is 12.8 Å². The first-order chi connectivity index (χ1) is 10.0. The Morgan fingerprint density at radius 3 is 2.10 bits per heavy atom. The molecule has 114 valence electrons. The molecule has 0 aromatic heterocycles. The van der Waals surface area contributed by atoms with Crippen LogP contribution < -0.4 is 4.90 Å². The van der Waals surface area contributed by atoms with Gasteiger partial charge in [0.2, 0.25) is 5.91 Å². The third-order valence-corrected chi connectivity index (χ3v) is 3.68. The Morgan fingerprint density at radius 1 is 1.19 bits per heavy atom. The first-order valence-corrected chi connectivity index (χ1v) is 7.53. The standard InChI is InChI=1S/C17H23FN2O/c1-4-11-17(13-19,12-5-2)16(21)20(6-3)15-9-7-14(18)8-10-15/h7-10H,4-6,11-12H2,1-3H3. The minimum absolute atomic E-state index is 0.178. The lowest BCUT2D eigenvalue weighted by molar-refractivity contribution is -0.126. The van der Waals surface area contributed by atoms with Crippen LogP contribution in [-0.2, 0) is 4.79 Å². The summed E-state index contributed by atoms with van der Waals surface area (Å²) >= 11 is 0. The topological polar surface area (TPSA) is 44.1 Å². The number of carbonyl (C=O) groups excluding carboxylic acids is 1. The van der Waals surface area contributed by atoms with Crippen LogP contribution >= 0.6 is 0 Å². The van der Waals surface area contributed by atoms with Crippen molar-refractivity contribution >= 4 is 11.6 Å². The van der Waals surface area contributed by atoms with Gasteiger partial charge in [0.25, 0.3) is 0 Å². The van der Waals surface area contributed by atoms with Gasteiger partial charge in [0.05, 0.1) is 6.07 Å². The number of halogens is 1. The Bertz CT molecular complexity index is 499. The van der Waals surface area contributed by atoms with E-state index in [1.807, 2.05) is 20.8 Å². The molecule has 1 rings (SSSR count). The number of anilines is 1. The summed E-state index contributed by atoms with van der Waals surface area (Å²) in [5.74, 6) is -0.515. The van der Waals surface area contributed by atoms with Crippen LogP contribution in [0.2, 0.25) is 0 Å². The van der Waals surface area contributed by atoms with E-state index in [1.165, 1.54) is 12.1 Å². The third kappa shape index (κ3) is 3.81. The van der Waals surface area contributed by atoms with E-state index in [4.69, 9.17) is 0 Å². The zero-order chi connectivity index (χ0) is 15.9. The monoisotopic (exact) mass is 290 g/mol. The minimum atomic E-state index is -0.978. The van der Waals surface area contributed by atoms with Crippen LogP contribution in [0.25, 0.3) is 0 Å². The Kier molecular flexibility index (Phi) is 6.36. The van der Waals surface area contributed by atoms with Gasteiger partial charge in [-0.2, -0.15) is 5.26 Å².